The van der Waals surface area contributed by atoms with Crippen molar-refractivity contribution in [3.05, 3.63) is 0 Å². The Hall–Kier alpha value is -0.593. The van der Waals surface area contributed by atoms with Crippen molar-refractivity contribution in [3.8, 4) is 11.8 Å². The van der Waals surface area contributed by atoms with Crippen LogP contribution in [0.5, 0.6) is 0 Å². The van der Waals surface area contributed by atoms with Gasteiger partial charge in [0.15, 0.2) is 14.6 Å². The van der Waals surface area contributed by atoms with Crippen LogP contribution in [0.25, 0.3) is 0 Å². The molecule has 0 N–H and O–H groups in total. The molecule has 2 nitrogen and oxygen atoms in total. The molecule has 0 amide bonds. The van der Waals surface area contributed by atoms with Gasteiger partial charge in [0.25, 0.3) is 0 Å². The number of carbonyl (C=O) groups excluding carboxylic acids is 1. The first-order valence-electron chi connectivity index (χ1n) is 3.93. The fourth-order valence-electron chi connectivity index (χ4n) is 0.994. The minimum absolute atomic E-state index is 0.495. The third-order valence-corrected chi connectivity index (χ3v) is 2.12. The monoisotopic (exact) mass is 184 g/mol. The maximum Gasteiger partial charge on any atom is 0.192 e. The molecule has 0 saturated carbocycles. The number of aldehydes is 1. The standard InChI is InChI=1S/C9H16O2Si/c1-9(2,7-6-8-10)11-12(3,4)5/h8H,1-5H3. The zero-order chi connectivity index (χ0) is 9.83. The molecule has 0 spiro atoms. The Morgan fingerprint density at radius 3 is 2.17 bits per heavy atom. The second kappa shape index (κ2) is 3.88. The molecule has 0 bridgehead atoms. The van der Waals surface area contributed by atoms with Gasteiger partial charge in [-0.25, -0.2) is 0 Å². The van der Waals surface area contributed by atoms with Gasteiger partial charge in [-0.15, -0.1) is 0 Å². The lowest BCUT2D eigenvalue weighted by atomic mass is 10.1. The fraction of sp³-hybridized carbons (Fsp3) is 0.667. The summed E-state index contributed by atoms with van der Waals surface area (Å²) in [5.41, 5.74) is -0.495. The molecule has 12 heavy (non-hydrogen) atoms. The Balaban J connectivity index is 4.32. The van der Waals surface area contributed by atoms with Crippen LogP contribution in [-0.4, -0.2) is 20.2 Å². The van der Waals surface area contributed by atoms with E-state index in [4.69, 9.17) is 4.43 Å². The molecule has 3 heteroatoms. The summed E-state index contributed by atoms with van der Waals surface area (Å²) in [4.78, 5) is 10.00. The molecule has 0 atom stereocenters. The maximum atomic E-state index is 10.00. The van der Waals surface area contributed by atoms with Crippen LogP contribution in [0.2, 0.25) is 19.6 Å². The van der Waals surface area contributed by atoms with Crippen molar-refractivity contribution in [2.45, 2.75) is 39.1 Å². The van der Waals surface area contributed by atoms with Crippen molar-refractivity contribution in [1.82, 2.24) is 0 Å². The average Bonchev–Trinajstić information content (AvgIpc) is 1.78. The molecule has 68 valence electrons. The van der Waals surface area contributed by atoms with Gasteiger partial charge < -0.3 is 4.43 Å². The Morgan fingerprint density at radius 1 is 1.33 bits per heavy atom. The summed E-state index contributed by atoms with van der Waals surface area (Å²) < 4.78 is 5.73. The predicted octanol–water partition coefficient (Wildman–Crippen LogP) is 1.82. The average molecular weight is 184 g/mol. The fourth-order valence-corrected chi connectivity index (χ4v) is 2.58. The highest BCUT2D eigenvalue weighted by molar-refractivity contribution is 6.69. The Bertz CT molecular complexity index is 215. The maximum absolute atomic E-state index is 10.00. The molecule has 0 fully saturated rings. The summed E-state index contributed by atoms with van der Waals surface area (Å²) in [7, 11) is -1.56. The van der Waals surface area contributed by atoms with Crippen LogP contribution in [0.3, 0.4) is 0 Å². The number of hydrogen-bond acceptors (Lipinski definition) is 2. The van der Waals surface area contributed by atoms with Gasteiger partial charge in [0.05, 0.1) is 0 Å². The van der Waals surface area contributed by atoms with E-state index in [1.165, 1.54) is 0 Å². The molecule has 0 saturated heterocycles. The Morgan fingerprint density at radius 2 is 1.83 bits per heavy atom. The second-order valence-electron chi connectivity index (χ2n) is 4.11. The molecule has 0 aromatic heterocycles. The van der Waals surface area contributed by atoms with E-state index in [1.807, 2.05) is 13.8 Å². The molecule has 0 heterocycles. The van der Waals surface area contributed by atoms with Gasteiger partial charge in [-0.05, 0) is 39.4 Å². The smallest absolute Gasteiger partial charge is 0.192 e. The Labute approximate surface area is 75.4 Å². The summed E-state index contributed by atoms with van der Waals surface area (Å²) in [5, 5.41) is 0. The van der Waals surface area contributed by atoms with Crippen LogP contribution in [-0.2, 0) is 9.22 Å². The topological polar surface area (TPSA) is 26.3 Å². The van der Waals surface area contributed by atoms with E-state index in [0.29, 0.717) is 6.29 Å². The van der Waals surface area contributed by atoms with E-state index in [2.05, 4.69) is 31.5 Å². The predicted molar refractivity (Wildman–Crippen MR) is 52.4 cm³/mol. The summed E-state index contributed by atoms with van der Waals surface area (Å²) >= 11 is 0. The SMILES string of the molecule is CC(C)(C#CC=O)O[Si](C)(C)C. The van der Waals surface area contributed by atoms with Gasteiger partial charge in [0, 0.05) is 0 Å². The molecular formula is C9H16O2Si. The molecule has 0 radical (unpaired) electrons. The summed E-state index contributed by atoms with van der Waals surface area (Å²) in [6, 6.07) is 0. The van der Waals surface area contributed by atoms with Crippen molar-refractivity contribution in [2.75, 3.05) is 0 Å². The first-order chi connectivity index (χ1) is 5.27. The zero-order valence-electron chi connectivity index (χ0n) is 8.39. The van der Waals surface area contributed by atoms with Crippen molar-refractivity contribution in [3.63, 3.8) is 0 Å². The van der Waals surface area contributed by atoms with Crippen molar-refractivity contribution in [1.29, 1.82) is 0 Å². The lowest BCUT2D eigenvalue weighted by Gasteiger charge is -2.28. The van der Waals surface area contributed by atoms with E-state index in [1.54, 1.807) is 0 Å². The highest BCUT2D eigenvalue weighted by Crippen LogP contribution is 2.15. The van der Waals surface area contributed by atoms with E-state index >= 15 is 0 Å². The van der Waals surface area contributed by atoms with Crippen molar-refractivity contribution < 1.29 is 9.22 Å². The van der Waals surface area contributed by atoms with Crippen molar-refractivity contribution in [2.24, 2.45) is 0 Å². The third kappa shape index (κ3) is 6.14. The molecule has 0 aliphatic rings. The van der Waals surface area contributed by atoms with Crippen LogP contribution in [0.15, 0.2) is 0 Å². The molecule has 0 aromatic carbocycles. The van der Waals surface area contributed by atoms with Crippen LogP contribution < -0.4 is 0 Å². The van der Waals surface area contributed by atoms with Gasteiger partial charge >= 0.3 is 0 Å². The highest BCUT2D eigenvalue weighted by atomic mass is 28.4. The van der Waals surface area contributed by atoms with Crippen LogP contribution in [0.4, 0.5) is 0 Å². The minimum atomic E-state index is -1.56. The quantitative estimate of drug-likeness (QED) is 0.372. The number of rotatable bonds is 2. The van der Waals surface area contributed by atoms with Gasteiger partial charge in [0.1, 0.15) is 5.60 Å². The van der Waals surface area contributed by atoms with E-state index in [-0.39, 0.29) is 0 Å². The highest BCUT2D eigenvalue weighted by Gasteiger charge is 2.25. The molecule has 0 rings (SSSR count). The summed E-state index contributed by atoms with van der Waals surface area (Å²) in [5.74, 6) is 5.14. The number of hydrogen-bond donors (Lipinski definition) is 0. The molecule has 0 aliphatic heterocycles. The second-order valence-corrected chi connectivity index (χ2v) is 8.54. The van der Waals surface area contributed by atoms with Crippen LogP contribution in [0.1, 0.15) is 13.8 Å². The first kappa shape index (κ1) is 11.4. The summed E-state index contributed by atoms with van der Waals surface area (Å²) in [6.07, 6.45) is 0.593. The lowest BCUT2D eigenvalue weighted by molar-refractivity contribution is -0.103. The normalized spacial score (nSPS) is 11.8. The van der Waals surface area contributed by atoms with Crippen LogP contribution in [0, 0.1) is 11.8 Å². The number of carbonyl (C=O) groups is 1. The first-order valence-corrected chi connectivity index (χ1v) is 7.34. The van der Waals surface area contributed by atoms with Gasteiger partial charge in [-0.1, -0.05) is 5.92 Å². The van der Waals surface area contributed by atoms with Crippen LogP contribution >= 0.6 is 0 Å². The lowest BCUT2D eigenvalue weighted by Crippen LogP contribution is -2.37. The molecular weight excluding hydrogens is 168 g/mol. The third-order valence-electron chi connectivity index (χ3n) is 0.993. The van der Waals surface area contributed by atoms with Crippen molar-refractivity contribution >= 4 is 14.6 Å². The minimum Gasteiger partial charge on any atom is -0.402 e. The van der Waals surface area contributed by atoms with Gasteiger partial charge in [-0.3, -0.25) is 4.79 Å². The summed E-state index contributed by atoms with van der Waals surface area (Å²) in [6.45, 7) is 10.0. The molecule has 0 unspecified atom stereocenters. The molecule has 0 aromatic rings. The zero-order valence-corrected chi connectivity index (χ0v) is 9.39. The van der Waals surface area contributed by atoms with E-state index < -0.39 is 13.9 Å². The van der Waals surface area contributed by atoms with E-state index in [0.717, 1.165) is 0 Å². The largest absolute Gasteiger partial charge is 0.402 e. The van der Waals surface area contributed by atoms with Gasteiger partial charge in [-0.2, -0.15) is 0 Å². The Kier molecular flexibility index (Phi) is 3.69. The molecule has 0 aliphatic carbocycles. The van der Waals surface area contributed by atoms with E-state index in [9.17, 15) is 4.79 Å². The van der Waals surface area contributed by atoms with Gasteiger partial charge in [0.2, 0.25) is 0 Å².